The van der Waals surface area contributed by atoms with E-state index in [9.17, 15) is 9.59 Å². The first kappa shape index (κ1) is 18.4. The van der Waals surface area contributed by atoms with E-state index in [2.05, 4.69) is 15.3 Å². The fourth-order valence-electron chi connectivity index (χ4n) is 2.21. The summed E-state index contributed by atoms with van der Waals surface area (Å²) in [5.74, 6) is -0.294. The van der Waals surface area contributed by atoms with Crippen molar-refractivity contribution in [1.29, 1.82) is 0 Å². The Bertz CT molecular complexity index is 475. The van der Waals surface area contributed by atoms with Crippen molar-refractivity contribution in [2.75, 3.05) is 6.54 Å². The third kappa shape index (κ3) is 4.94. The molecule has 0 saturated carbocycles. The Morgan fingerprint density at radius 1 is 1.45 bits per heavy atom. The lowest BCUT2D eigenvalue weighted by Crippen LogP contribution is -2.52. The fourth-order valence-corrected chi connectivity index (χ4v) is 2.21. The van der Waals surface area contributed by atoms with Gasteiger partial charge in [0.25, 0.3) is 0 Å². The molecule has 0 radical (unpaired) electrons. The van der Waals surface area contributed by atoms with Crippen LogP contribution in [0.25, 0.3) is 0 Å². The van der Waals surface area contributed by atoms with Gasteiger partial charge in [0.1, 0.15) is 6.29 Å². The number of carbonyl (C=O) groups excluding carboxylic acids is 2. The maximum atomic E-state index is 11.9. The summed E-state index contributed by atoms with van der Waals surface area (Å²) in [7, 11) is 0. The SMILES string of the molecule is CC(C)(N)C(C)(C)C(C=O)CCC(=O)NCCc1c[nH]cn1. The first-order valence-electron chi connectivity index (χ1n) is 7.67. The summed E-state index contributed by atoms with van der Waals surface area (Å²) in [5, 5.41) is 2.85. The summed E-state index contributed by atoms with van der Waals surface area (Å²) in [6, 6.07) is 0. The molecule has 0 fully saturated rings. The van der Waals surface area contributed by atoms with Crippen LogP contribution in [0.2, 0.25) is 0 Å². The molecule has 1 aromatic rings. The van der Waals surface area contributed by atoms with Gasteiger partial charge in [-0.05, 0) is 25.7 Å². The van der Waals surface area contributed by atoms with E-state index < -0.39 is 5.54 Å². The summed E-state index contributed by atoms with van der Waals surface area (Å²) in [4.78, 5) is 30.2. The smallest absolute Gasteiger partial charge is 0.220 e. The van der Waals surface area contributed by atoms with Gasteiger partial charge in [-0.1, -0.05) is 13.8 Å². The minimum atomic E-state index is -0.491. The molecule has 0 aromatic carbocycles. The molecule has 1 aromatic heterocycles. The van der Waals surface area contributed by atoms with E-state index in [0.717, 1.165) is 12.0 Å². The van der Waals surface area contributed by atoms with Crippen molar-refractivity contribution < 1.29 is 9.59 Å². The predicted octanol–water partition coefficient (Wildman–Crippen LogP) is 1.43. The van der Waals surface area contributed by atoms with Crippen molar-refractivity contribution in [2.24, 2.45) is 17.1 Å². The van der Waals surface area contributed by atoms with Gasteiger partial charge in [-0.2, -0.15) is 0 Å². The second-order valence-corrected chi connectivity index (χ2v) is 6.89. The molecule has 6 heteroatoms. The highest BCUT2D eigenvalue weighted by Gasteiger charge is 2.40. The van der Waals surface area contributed by atoms with Gasteiger partial charge in [0.05, 0.1) is 12.0 Å². The number of nitrogens with one attached hydrogen (secondary N) is 2. The topological polar surface area (TPSA) is 101 Å². The monoisotopic (exact) mass is 308 g/mol. The van der Waals surface area contributed by atoms with Crippen molar-refractivity contribution in [2.45, 2.75) is 52.5 Å². The number of aromatic amines is 1. The maximum Gasteiger partial charge on any atom is 0.220 e. The van der Waals surface area contributed by atoms with Crippen LogP contribution in [-0.2, 0) is 16.0 Å². The fraction of sp³-hybridized carbons (Fsp3) is 0.688. The molecule has 22 heavy (non-hydrogen) atoms. The Morgan fingerprint density at radius 3 is 2.64 bits per heavy atom. The molecule has 0 saturated heterocycles. The molecule has 0 bridgehead atoms. The zero-order valence-corrected chi connectivity index (χ0v) is 14.0. The van der Waals surface area contributed by atoms with Crippen LogP contribution in [0.4, 0.5) is 0 Å². The van der Waals surface area contributed by atoms with Crippen molar-refractivity contribution in [3.63, 3.8) is 0 Å². The lowest BCUT2D eigenvalue weighted by molar-refractivity contribution is -0.122. The minimum absolute atomic E-state index is 0.0481. The number of nitrogens with zero attached hydrogens (tertiary/aromatic N) is 1. The van der Waals surface area contributed by atoms with Crippen LogP contribution >= 0.6 is 0 Å². The van der Waals surface area contributed by atoms with Gasteiger partial charge in [0.15, 0.2) is 0 Å². The average Bonchev–Trinajstić information content (AvgIpc) is 2.91. The van der Waals surface area contributed by atoms with Crippen LogP contribution in [0.15, 0.2) is 12.5 Å². The van der Waals surface area contributed by atoms with Gasteiger partial charge in [-0.15, -0.1) is 0 Å². The largest absolute Gasteiger partial charge is 0.356 e. The first-order chi connectivity index (χ1) is 10.2. The summed E-state index contributed by atoms with van der Waals surface area (Å²) in [6.07, 6.45) is 5.86. The molecular formula is C16H28N4O2. The van der Waals surface area contributed by atoms with Crippen LogP contribution in [0.1, 0.15) is 46.2 Å². The Morgan fingerprint density at radius 2 is 2.14 bits per heavy atom. The van der Waals surface area contributed by atoms with Gasteiger partial charge >= 0.3 is 0 Å². The van der Waals surface area contributed by atoms with Crippen LogP contribution in [0.3, 0.4) is 0 Å². The summed E-state index contributed by atoms with van der Waals surface area (Å²) < 4.78 is 0. The Hall–Kier alpha value is -1.69. The third-order valence-corrected chi connectivity index (χ3v) is 4.69. The van der Waals surface area contributed by atoms with E-state index in [1.807, 2.05) is 27.7 Å². The van der Waals surface area contributed by atoms with Gasteiger partial charge in [0, 0.05) is 37.0 Å². The zero-order chi connectivity index (χ0) is 16.8. The normalized spacial score (nSPS) is 13.7. The molecule has 6 nitrogen and oxygen atoms in total. The van der Waals surface area contributed by atoms with Crippen molar-refractivity contribution in [3.8, 4) is 0 Å². The second-order valence-electron chi connectivity index (χ2n) is 6.89. The van der Waals surface area contributed by atoms with E-state index in [-0.39, 0.29) is 17.2 Å². The third-order valence-electron chi connectivity index (χ3n) is 4.69. The van der Waals surface area contributed by atoms with Crippen LogP contribution in [0, 0.1) is 11.3 Å². The number of rotatable bonds is 9. The number of aldehydes is 1. The summed E-state index contributed by atoms with van der Waals surface area (Å²) in [5.41, 5.74) is 6.21. The first-order valence-corrected chi connectivity index (χ1v) is 7.67. The van der Waals surface area contributed by atoms with Crippen molar-refractivity contribution >= 4 is 12.2 Å². The van der Waals surface area contributed by atoms with E-state index in [1.54, 1.807) is 12.5 Å². The highest BCUT2D eigenvalue weighted by atomic mass is 16.1. The number of aromatic nitrogens is 2. The molecule has 0 spiro atoms. The van der Waals surface area contributed by atoms with E-state index in [0.29, 0.717) is 25.8 Å². The number of hydrogen-bond donors (Lipinski definition) is 3. The number of carbonyl (C=O) groups is 2. The van der Waals surface area contributed by atoms with E-state index in [4.69, 9.17) is 5.73 Å². The Labute approximate surface area is 132 Å². The van der Waals surface area contributed by atoms with Crippen LogP contribution in [-0.4, -0.2) is 34.2 Å². The standard InChI is InChI=1S/C16H28N4O2/c1-15(2,16(3,4)17)12(10-21)5-6-14(22)19-8-7-13-9-18-11-20-13/h9-12H,5-8,17H2,1-4H3,(H,18,20)(H,19,22). The lowest BCUT2D eigenvalue weighted by Gasteiger charge is -2.42. The molecular weight excluding hydrogens is 280 g/mol. The number of nitrogens with two attached hydrogens (primary N) is 1. The van der Waals surface area contributed by atoms with Gasteiger partial charge < -0.3 is 20.8 Å². The van der Waals surface area contributed by atoms with E-state index >= 15 is 0 Å². The van der Waals surface area contributed by atoms with Crippen LogP contribution in [0.5, 0.6) is 0 Å². The van der Waals surface area contributed by atoms with E-state index in [1.165, 1.54) is 0 Å². The molecule has 1 heterocycles. The molecule has 0 aliphatic carbocycles. The number of hydrogen-bond acceptors (Lipinski definition) is 4. The zero-order valence-electron chi connectivity index (χ0n) is 14.0. The highest BCUT2D eigenvalue weighted by Crippen LogP contribution is 2.37. The molecule has 1 unspecified atom stereocenters. The predicted molar refractivity (Wildman–Crippen MR) is 86.1 cm³/mol. The Balaban J connectivity index is 2.39. The lowest BCUT2D eigenvalue weighted by atomic mass is 9.65. The second kappa shape index (κ2) is 7.54. The number of amides is 1. The molecule has 124 valence electrons. The minimum Gasteiger partial charge on any atom is -0.356 e. The molecule has 1 rings (SSSR count). The summed E-state index contributed by atoms with van der Waals surface area (Å²) >= 11 is 0. The van der Waals surface area contributed by atoms with Crippen molar-refractivity contribution in [3.05, 3.63) is 18.2 Å². The average molecular weight is 308 g/mol. The Kier molecular flexibility index (Phi) is 6.29. The van der Waals surface area contributed by atoms with Crippen molar-refractivity contribution in [1.82, 2.24) is 15.3 Å². The molecule has 1 amide bonds. The molecule has 0 aliphatic heterocycles. The maximum absolute atomic E-state index is 11.9. The number of H-pyrrole nitrogens is 1. The van der Waals surface area contributed by atoms with Crippen LogP contribution < -0.4 is 11.1 Å². The summed E-state index contributed by atoms with van der Waals surface area (Å²) in [6.45, 7) is 8.31. The van der Waals surface area contributed by atoms with Gasteiger partial charge in [-0.3, -0.25) is 4.79 Å². The molecule has 1 atom stereocenters. The molecule has 4 N–H and O–H groups in total. The highest BCUT2D eigenvalue weighted by molar-refractivity contribution is 5.76. The quantitative estimate of drug-likeness (QED) is 0.601. The van der Waals surface area contributed by atoms with Gasteiger partial charge in [-0.25, -0.2) is 4.98 Å². The van der Waals surface area contributed by atoms with Gasteiger partial charge in [0.2, 0.25) is 5.91 Å². The molecule has 0 aliphatic rings. The number of imidazole rings is 1.